The van der Waals surface area contributed by atoms with Gasteiger partial charge in [-0.25, -0.2) is 4.98 Å². The van der Waals surface area contributed by atoms with Crippen molar-refractivity contribution < 1.29 is 14.2 Å². The van der Waals surface area contributed by atoms with Crippen LogP contribution in [0.3, 0.4) is 0 Å². The molecule has 3 aliphatic rings. The van der Waals surface area contributed by atoms with Crippen LogP contribution in [-0.2, 0) is 20.8 Å². The molecule has 1 aromatic heterocycles. The van der Waals surface area contributed by atoms with Gasteiger partial charge in [0.25, 0.3) is 0 Å². The van der Waals surface area contributed by atoms with E-state index in [1.54, 1.807) is 11.3 Å². The first kappa shape index (κ1) is 16.0. The SMILES string of the molecule is c1csc(COC[C@@H]2CC[C@@H]3[C@@H]2OCCN3C[C@@H]2CCOC2)n1. The van der Waals surface area contributed by atoms with Crippen LogP contribution in [0.5, 0.6) is 0 Å². The van der Waals surface area contributed by atoms with Crippen molar-refractivity contribution in [2.24, 2.45) is 11.8 Å². The zero-order valence-electron chi connectivity index (χ0n) is 13.6. The fourth-order valence-electron chi connectivity index (χ4n) is 4.22. The standard InChI is InChI=1S/C17H26N2O3S/c1-2-15-17(14(1)11-21-12-16-18-4-8-23-16)22-7-5-19(15)9-13-3-6-20-10-13/h4,8,13-15,17H,1-3,5-7,9-12H2/t13-,14-,15+,17+/m0/s1. The third kappa shape index (κ3) is 3.77. The molecule has 0 radical (unpaired) electrons. The lowest BCUT2D eigenvalue weighted by Crippen LogP contribution is -2.52. The van der Waals surface area contributed by atoms with Crippen molar-refractivity contribution in [1.82, 2.24) is 9.88 Å². The van der Waals surface area contributed by atoms with Gasteiger partial charge in [-0.1, -0.05) is 0 Å². The minimum absolute atomic E-state index is 0.349. The van der Waals surface area contributed by atoms with Gasteiger partial charge in [-0.05, 0) is 25.2 Å². The molecule has 1 saturated carbocycles. The number of fused-ring (bicyclic) bond motifs is 1. The van der Waals surface area contributed by atoms with E-state index in [0.29, 0.717) is 30.6 Å². The molecule has 4 rings (SSSR count). The van der Waals surface area contributed by atoms with Gasteiger partial charge < -0.3 is 14.2 Å². The highest BCUT2D eigenvalue weighted by atomic mass is 32.1. The fraction of sp³-hybridized carbons (Fsp3) is 0.824. The molecule has 1 aliphatic carbocycles. The lowest BCUT2D eigenvalue weighted by atomic mass is 10.0. The van der Waals surface area contributed by atoms with E-state index >= 15 is 0 Å². The molecule has 5 nitrogen and oxygen atoms in total. The zero-order valence-corrected chi connectivity index (χ0v) is 14.4. The van der Waals surface area contributed by atoms with Gasteiger partial charge in [0.05, 0.1) is 32.5 Å². The van der Waals surface area contributed by atoms with Crippen LogP contribution in [-0.4, -0.2) is 61.5 Å². The molecule has 0 amide bonds. The van der Waals surface area contributed by atoms with E-state index in [-0.39, 0.29) is 0 Å². The van der Waals surface area contributed by atoms with Crippen molar-refractivity contribution >= 4 is 11.3 Å². The Labute approximate surface area is 141 Å². The summed E-state index contributed by atoms with van der Waals surface area (Å²) in [6, 6.07) is 0.581. The second kappa shape index (κ2) is 7.57. The first-order valence-corrected chi connectivity index (χ1v) is 9.67. The molecule has 2 aliphatic heterocycles. The number of morpholine rings is 1. The Morgan fingerprint density at radius 3 is 3.13 bits per heavy atom. The molecule has 3 heterocycles. The first-order valence-electron chi connectivity index (χ1n) is 8.79. The van der Waals surface area contributed by atoms with Gasteiger partial charge >= 0.3 is 0 Å². The first-order chi connectivity index (χ1) is 11.4. The number of hydrogen-bond acceptors (Lipinski definition) is 6. The Bertz CT molecular complexity index is 478. The fourth-order valence-corrected chi connectivity index (χ4v) is 4.77. The topological polar surface area (TPSA) is 43.8 Å². The Morgan fingerprint density at radius 1 is 1.30 bits per heavy atom. The summed E-state index contributed by atoms with van der Waals surface area (Å²) in [5, 5.41) is 3.06. The third-order valence-corrected chi connectivity index (χ3v) is 6.15. The van der Waals surface area contributed by atoms with E-state index in [1.165, 1.54) is 25.8 Å². The number of rotatable bonds is 6. The van der Waals surface area contributed by atoms with Crippen LogP contribution in [0.1, 0.15) is 24.3 Å². The summed E-state index contributed by atoms with van der Waals surface area (Å²) < 4.78 is 17.6. The summed E-state index contributed by atoms with van der Waals surface area (Å²) in [5.41, 5.74) is 0. The van der Waals surface area contributed by atoms with E-state index in [9.17, 15) is 0 Å². The van der Waals surface area contributed by atoms with E-state index in [2.05, 4.69) is 9.88 Å². The Balaban J connectivity index is 1.28. The molecule has 128 valence electrons. The highest BCUT2D eigenvalue weighted by Crippen LogP contribution is 2.35. The second-order valence-electron chi connectivity index (χ2n) is 6.91. The monoisotopic (exact) mass is 338 g/mol. The third-order valence-electron chi connectivity index (χ3n) is 5.39. The van der Waals surface area contributed by atoms with Crippen molar-refractivity contribution in [1.29, 1.82) is 0 Å². The van der Waals surface area contributed by atoms with Crippen LogP contribution >= 0.6 is 11.3 Å². The van der Waals surface area contributed by atoms with Gasteiger partial charge in [0.15, 0.2) is 0 Å². The van der Waals surface area contributed by atoms with Crippen LogP contribution in [0.4, 0.5) is 0 Å². The van der Waals surface area contributed by atoms with E-state index in [0.717, 1.165) is 38.0 Å². The minimum Gasteiger partial charge on any atom is -0.381 e. The van der Waals surface area contributed by atoms with Crippen molar-refractivity contribution in [2.75, 3.05) is 39.5 Å². The predicted molar refractivity (Wildman–Crippen MR) is 88.5 cm³/mol. The van der Waals surface area contributed by atoms with Crippen LogP contribution in [0.25, 0.3) is 0 Å². The molecule has 2 saturated heterocycles. The Hall–Kier alpha value is -0.530. The van der Waals surface area contributed by atoms with Crippen molar-refractivity contribution in [3.8, 4) is 0 Å². The average Bonchev–Trinajstić information content (AvgIpc) is 3.30. The number of hydrogen-bond donors (Lipinski definition) is 0. The maximum atomic E-state index is 6.13. The largest absolute Gasteiger partial charge is 0.381 e. The van der Waals surface area contributed by atoms with Gasteiger partial charge in [-0.2, -0.15) is 0 Å². The van der Waals surface area contributed by atoms with Crippen LogP contribution in [0.15, 0.2) is 11.6 Å². The molecule has 6 heteroatoms. The molecule has 0 unspecified atom stereocenters. The maximum Gasteiger partial charge on any atom is 0.118 e. The quantitative estimate of drug-likeness (QED) is 0.795. The van der Waals surface area contributed by atoms with Gasteiger partial charge in [0.2, 0.25) is 0 Å². The summed E-state index contributed by atoms with van der Waals surface area (Å²) in [6.45, 7) is 6.42. The molecule has 4 atom stereocenters. The highest BCUT2D eigenvalue weighted by Gasteiger charge is 2.43. The molecule has 0 aromatic carbocycles. The van der Waals surface area contributed by atoms with Gasteiger partial charge in [-0.3, -0.25) is 4.90 Å². The molecule has 3 fully saturated rings. The highest BCUT2D eigenvalue weighted by molar-refractivity contribution is 7.09. The van der Waals surface area contributed by atoms with Crippen molar-refractivity contribution in [3.05, 3.63) is 16.6 Å². The summed E-state index contributed by atoms with van der Waals surface area (Å²) in [4.78, 5) is 6.93. The maximum absolute atomic E-state index is 6.13. The zero-order chi connectivity index (χ0) is 15.5. The molecular formula is C17H26N2O3S. The molecule has 0 bridgehead atoms. The smallest absolute Gasteiger partial charge is 0.118 e. The summed E-state index contributed by atoms with van der Waals surface area (Å²) in [7, 11) is 0. The number of nitrogens with zero attached hydrogens (tertiary/aromatic N) is 2. The normalized spacial score (nSPS) is 34.8. The van der Waals surface area contributed by atoms with Gasteiger partial charge in [0.1, 0.15) is 5.01 Å². The number of thiazole rings is 1. The van der Waals surface area contributed by atoms with E-state index < -0.39 is 0 Å². The molecular weight excluding hydrogens is 312 g/mol. The van der Waals surface area contributed by atoms with Crippen LogP contribution in [0, 0.1) is 11.8 Å². The van der Waals surface area contributed by atoms with Crippen LogP contribution < -0.4 is 0 Å². The Morgan fingerprint density at radius 2 is 2.30 bits per heavy atom. The second-order valence-corrected chi connectivity index (χ2v) is 7.88. The van der Waals surface area contributed by atoms with Crippen LogP contribution in [0.2, 0.25) is 0 Å². The lowest BCUT2D eigenvalue weighted by molar-refractivity contribution is -0.0899. The number of aromatic nitrogens is 1. The van der Waals surface area contributed by atoms with E-state index in [1.807, 2.05) is 11.6 Å². The summed E-state index contributed by atoms with van der Waals surface area (Å²) in [6.07, 6.45) is 5.86. The number of ether oxygens (including phenoxy) is 3. The van der Waals surface area contributed by atoms with Crippen molar-refractivity contribution in [2.45, 2.75) is 38.0 Å². The molecule has 0 spiro atoms. The summed E-state index contributed by atoms with van der Waals surface area (Å²) >= 11 is 1.66. The lowest BCUT2D eigenvalue weighted by Gasteiger charge is -2.40. The summed E-state index contributed by atoms with van der Waals surface area (Å²) in [5.74, 6) is 1.25. The average molecular weight is 338 g/mol. The predicted octanol–water partition coefficient (Wildman–Crippen LogP) is 2.18. The van der Waals surface area contributed by atoms with Gasteiger partial charge in [0, 0.05) is 43.2 Å². The van der Waals surface area contributed by atoms with Gasteiger partial charge in [-0.15, -0.1) is 11.3 Å². The molecule has 0 N–H and O–H groups in total. The van der Waals surface area contributed by atoms with E-state index in [4.69, 9.17) is 14.2 Å². The van der Waals surface area contributed by atoms with Crippen molar-refractivity contribution in [3.63, 3.8) is 0 Å². The molecule has 23 heavy (non-hydrogen) atoms. The molecule has 1 aromatic rings. The minimum atomic E-state index is 0.349. The Kier molecular flexibility index (Phi) is 5.26.